The fraction of sp³-hybridized carbons (Fsp3) is 0.464. The van der Waals surface area contributed by atoms with E-state index in [1.165, 1.54) is 63.4 Å². The fourth-order valence-electron chi connectivity index (χ4n) is 3.98. The van der Waals surface area contributed by atoms with Crippen molar-refractivity contribution in [3.63, 3.8) is 0 Å². The van der Waals surface area contributed by atoms with Gasteiger partial charge in [-0.2, -0.15) is 0 Å². The maximum Gasteiger partial charge on any atom is 0.319 e. The van der Waals surface area contributed by atoms with E-state index in [0.29, 0.717) is 17.9 Å². The number of rotatable bonds is 14. The average molecular weight is 463 g/mol. The summed E-state index contributed by atoms with van der Waals surface area (Å²) < 4.78 is 5.01. The molecule has 1 heterocycles. The van der Waals surface area contributed by atoms with Crippen LogP contribution in [0.15, 0.2) is 53.2 Å². The first-order valence-corrected chi connectivity index (χ1v) is 12.7. The lowest BCUT2D eigenvalue weighted by Crippen LogP contribution is -2.29. The van der Waals surface area contributed by atoms with Gasteiger partial charge in [0.25, 0.3) is 0 Å². The zero-order chi connectivity index (χ0) is 24.0. The highest BCUT2D eigenvalue weighted by Gasteiger charge is 2.14. The Morgan fingerprint density at radius 3 is 1.79 bits per heavy atom. The average Bonchev–Trinajstić information content (AvgIpc) is 3.33. The predicted molar refractivity (Wildman–Crippen MR) is 139 cm³/mol. The lowest BCUT2D eigenvalue weighted by molar-refractivity contribution is 0.252. The van der Waals surface area contributed by atoms with Crippen LogP contribution in [0.1, 0.15) is 76.7 Å². The molecular weight excluding hydrogens is 424 g/mol. The Balaban J connectivity index is 1.36. The van der Waals surface area contributed by atoms with Crippen LogP contribution < -0.4 is 10.6 Å². The van der Waals surface area contributed by atoms with Crippen LogP contribution in [-0.4, -0.2) is 22.9 Å². The van der Waals surface area contributed by atoms with Gasteiger partial charge in [0.05, 0.1) is 0 Å². The van der Waals surface area contributed by atoms with Crippen molar-refractivity contribution >= 4 is 11.7 Å². The largest absolute Gasteiger partial charge is 0.338 e. The molecule has 0 spiro atoms. The molecule has 0 aliphatic rings. The zero-order valence-corrected chi connectivity index (χ0v) is 20.6. The second-order valence-electron chi connectivity index (χ2n) is 8.97. The third-order valence-corrected chi connectivity index (χ3v) is 6.05. The van der Waals surface area contributed by atoms with Crippen LogP contribution in [0.5, 0.6) is 0 Å². The number of hydrogen-bond donors (Lipinski definition) is 2. The van der Waals surface area contributed by atoms with Crippen molar-refractivity contribution in [1.29, 1.82) is 0 Å². The molecule has 0 atom stereocenters. The van der Waals surface area contributed by atoms with E-state index < -0.39 is 0 Å². The Hall–Kier alpha value is -3.15. The van der Waals surface area contributed by atoms with Crippen LogP contribution in [0, 0.1) is 6.92 Å². The quantitative estimate of drug-likeness (QED) is 0.240. The van der Waals surface area contributed by atoms with Crippen LogP contribution in [0.4, 0.5) is 10.5 Å². The van der Waals surface area contributed by atoms with Crippen LogP contribution in [0.2, 0.25) is 0 Å². The van der Waals surface area contributed by atoms with Gasteiger partial charge in [0.2, 0.25) is 0 Å². The number of benzene rings is 2. The molecule has 0 fully saturated rings. The first-order chi connectivity index (χ1) is 16.7. The van der Waals surface area contributed by atoms with Crippen molar-refractivity contribution in [3.05, 3.63) is 54.1 Å². The summed E-state index contributed by atoms with van der Waals surface area (Å²) in [6.07, 6.45) is 12.9. The lowest BCUT2D eigenvalue weighted by atomic mass is 10.0. The maximum absolute atomic E-state index is 12.2. The molecule has 0 aliphatic carbocycles. The summed E-state index contributed by atoms with van der Waals surface area (Å²) in [5.74, 6) is 0. The highest BCUT2D eigenvalue weighted by Crippen LogP contribution is 2.29. The molecule has 6 nitrogen and oxygen atoms in total. The molecule has 34 heavy (non-hydrogen) atoms. The van der Waals surface area contributed by atoms with Gasteiger partial charge in [-0.3, -0.25) is 0 Å². The van der Waals surface area contributed by atoms with E-state index >= 15 is 0 Å². The molecule has 2 amide bonds. The molecule has 2 aromatic carbocycles. The Bertz CT molecular complexity index is 980. The molecule has 0 unspecified atom stereocenters. The van der Waals surface area contributed by atoms with Gasteiger partial charge in [0.15, 0.2) is 0 Å². The summed E-state index contributed by atoms with van der Waals surface area (Å²) in [6.45, 7) is 5.00. The van der Waals surface area contributed by atoms with Crippen LogP contribution in [0.25, 0.3) is 22.5 Å². The summed E-state index contributed by atoms with van der Waals surface area (Å²) in [6, 6.07) is 15.5. The van der Waals surface area contributed by atoms with E-state index in [-0.39, 0.29) is 6.03 Å². The van der Waals surface area contributed by atoms with Gasteiger partial charge in [-0.15, -0.1) is 0 Å². The summed E-state index contributed by atoms with van der Waals surface area (Å²) >= 11 is 0. The molecule has 2 N–H and O–H groups in total. The van der Waals surface area contributed by atoms with Crippen molar-refractivity contribution < 1.29 is 9.42 Å². The Labute approximate surface area is 203 Å². The molecule has 0 radical (unpaired) electrons. The number of nitrogens with one attached hydrogen (secondary N) is 2. The van der Waals surface area contributed by atoms with E-state index in [0.717, 1.165) is 23.2 Å². The van der Waals surface area contributed by atoms with E-state index in [4.69, 9.17) is 4.63 Å². The van der Waals surface area contributed by atoms with Crippen LogP contribution in [-0.2, 0) is 0 Å². The molecule has 0 saturated carbocycles. The van der Waals surface area contributed by atoms with Crippen molar-refractivity contribution in [3.8, 4) is 22.5 Å². The summed E-state index contributed by atoms with van der Waals surface area (Å²) in [4.78, 5) is 12.2. The normalized spacial score (nSPS) is 10.9. The predicted octanol–water partition coefficient (Wildman–Crippen LogP) is 7.75. The van der Waals surface area contributed by atoms with E-state index in [1.807, 2.05) is 55.5 Å². The smallest absolute Gasteiger partial charge is 0.319 e. The maximum atomic E-state index is 12.2. The van der Waals surface area contributed by atoms with Crippen molar-refractivity contribution in [1.82, 2.24) is 15.6 Å². The van der Waals surface area contributed by atoms with Gasteiger partial charge in [0.1, 0.15) is 11.4 Å². The summed E-state index contributed by atoms with van der Waals surface area (Å²) in [5.41, 5.74) is 5.14. The number of urea groups is 1. The number of anilines is 1. The number of carbonyl (C=O) groups excluding carboxylic acids is 1. The van der Waals surface area contributed by atoms with Crippen molar-refractivity contribution in [2.45, 2.75) is 78.1 Å². The van der Waals surface area contributed by atoms with Crippen molar-refractivity contribution in [2.75, 3.05) is 11.9 Å². The lowest BCUT2D eigenvalue weighted by Gasteiger charge is -2.08. The molecule has 0 bridgehead atoms. The molecular formula is C28H38N4O2. The Morgan fingerprint density at radius 2 is 1.24 bits per heavy atom. The highest BCUT2D eigenvalue weighted by molar-refractivity contribution is 5.89. The Morgan fingerprint density at radius 1 is 0.735 bits per heavy atom. The first kappa shape index (κ1) is 25.5. The number of hydrogen-bond acceptors (Lipinski definition) is 4. The van der Waals surface area contributed by atoms with Gasteiger partial charge in [-0.1, -0.05) is 107 Å². The SMILES string of the molecule is CCCCCCCCCCCCNC(=O)Nc1ccc(-c2nonc2-c2ccc(C)cc2)cc1. The molecule has 0 aliphatic heterocycles. The van der Waals surface area contributed by atoms with Gasteiger partial charge >= 0.3 is 6.03 Å². The Kier molecular flexibility index (Phi) is 10.6. The number of aromatic nitrogens is 2. The van der Waals surface area contributed by atoms with Crippen LogP contribution in [0.3, 0.4) is 0 Å². The minimum absolute atomic E-state index is 0.174. The first-order valence-electron chi connectivity index (χ1n) is 12.7. The van der Waals surface area contributed by atoms with Gasteiger partial charge in [0, 0.05) is 23.4 Å². The monoisotopic (exact) mass is 462 g/mol. The number of unbranched alkanes of at least 4 members (excludes halogenated alkanes) is 9. The molecule has 6 heteroatoms. The molecule has 0 saturated heterocycles. The minimum Gasteiger partial charge on any atom is -0.338 e. The molecule has 182 valence electrons. The molecule has 1 aromatic heterocycles. The third kappa shape index (κ3) is 8.32. The van der Waals surface area contributed by atoms with Crippen LogP contribution >= 0.6 is 0 Å². The number of aryl methyl sites for hydroxylation is 1. The van der Waals surface area contributed by atoms with E-state index in [2.05, 4.69) is 27.9 Å². The minimum atomic E-state index is -0.174. The van der Waals surface area contributed by atoms with E-state index in [1.54, 1.807) is 0 Å². The summed E-state index contributed by atoms with van der Waals surface area (Å²) in [5, 5.41) is 14.0. The standard InChI is InChI=1S/C28H38N4O2/c1-3-4-5-6-7-8-9-10-11-12-21-29-28(33)30-25-19-17-24(18-20-25)27-26(31-34-32-27)23-15-13-22(2)14-16-23/h13-20H,3-12,21H2,1-2H3,(H2,29,30,33). The number of amides is 2. The van der Waals surface area contributed by atoms with E-state index in [9.17, 15) is 4.79 Å². The summed E-state index contributed by atoms with van der Waals surface area (Å²) in [7, 11) is 0. The molecule has 3 rings (SSSR count). The topological polar surface area (TPSA) is 80.0 Å². The number of nitrogens with zero attached hydrogens (tertiary/aromatic N) is 2. The van der Waals surface area contributed by atoms with Gasteiger partial charge in [-0.25, -0.2) is 9.42 Å². The zero-order valence-electron chi connectivity index (χ0n) is 20.6. The highest BCUT2D eigenvalue weighted by atomic mass is 16.6. The second kappa shape index (κ2) is 14.2. The van der Waals surface area contributed by atoms with Gasteiger partial charge < -0.3 is 10.6 Å². The van der Waals surface area contributed by atoms with Gasteiger partial charge in [-0.05, 0) is 35.8 Å². The molecule has 3 aromatic rings. The van der Waals surface area contributed by atoms with Crippen molar-refractivity contribution in [2.24, 2.45) is 0 Å². The third-order valence-electron chi connectivity index (χ3n) is 6.05. The fourth-order valence-corrected chi connectivity index (χ4v) is 3.98. The second-order valence-corrected chi connectivity index (χ2v) is 8.97. The number of carbonyl (C=O) groups is 1.